The Kier molecular flexibility index (Phi) is 8.41. The van der Waals surface area contributed by atoms with Gasteiger partial charge in [0, 0.05) is 48.7 Å². The van der Waals surface area contributed by atoms with E-state index in [1.54, 1.807) is 35.0 Å². The molecule has 1 N–H and O–H groups in total. The minimum absolute atomic E-state index is 0.0232. The maximum absolute atomic E-state index is 14.3. The van der Waals surface area contributed by atoms with Gasteiger partial charge in [0.2, 0.25) is 5.88 Å². The number of rotatable bonds is 10. The monoisotopic (exact) mass is 635 g/mol. The van der Waals surface area contributed by atoms with Crippen LogP contribution >= 0.6 is 0 Å². The van der Waals surface area contributed by atoms with E-state index in [2.05, 4.69) is 14.6 Å². The van der Waals surface area contributed by atoms with E-state index in [0.717, 1.165) is 61.5 Å². The van der Waals surface area contributed by atoms with Crippen molar-refractivity contribution in [2.75, 3.05) is 19.7 Å². The standard InChI is InChI=1S/C35H34FN7O4/c1-41-11-9-30(40-41)27-16-25(35(44)45)17-31-34(27)39-32(43(31)19-26-10-14-46-26)20-42-12-7-23(8-13-42)29-3-2-4-33(38-29)47-21-24-6-5-22(18-37)15-28(24)36/h2-6,9,11,15-17,23,26H,7-8,10,12-14,19-21H2,1H3,(H,44,45)/t26-/m0/s1. The second-order valence-electron chi connectivity index (χ2n) is 12.1. The van der Waals surface area contributed by atoms with Crippen LogP contribution in [0, 0.1) is 17.1 Å². The van der Waals surface area contributed by atoms with Gasteiger partial charge in [-0.25, -0.2) is 19.2 Å². The molecule has 0 radical (unpaired) electrons. The Hall–Kier alpha value is -5.12. The number of carboxylic acids is 1. The molecule has 0 bridgehead atoms. The lowest BCUT2D eigenvalue weighted by molar-refractivity contribution is -0.0592. The Morgan fingerprint density at radius 2 is 1.96 bits per heavy atom. The highest BCUT2D eigenvalue weighted by molar-refractivity contribution is 5.99. The predicted octanol–water partition coefficient (Wildman–Crippen LogP) is 5.29. The highest BCUT2D eigenvalue weighted by Crippen LogP contribution is 2.33. The minimum Gasteiger partial charge on any atom is -0.478 e. The molecule has 5 aromatic rings. The van der Waals surface area contributed by atoms with E-state index < -0.39 is 11.8 Å². The average molecular weight is 636 g/mol. The van der Waals surface area contributed by atoms with Crippen LogP contribution in [0.5, 0.6) is 5.88 Å². The van der Waals surface area contributed by atoms with E-state index in [9.17, 15) is 14.3 Å². The third-order valence-corrected chi connectivity index (χ3v) is 9.02. The van der Waals surface area contributed by atoms with Crippen molar-refractivity contribution in [1.82, 2.24) is 29.2 Å². The molecule has 2 aliphatic rings. The first-order valence-corrected chi connectivity index (χ1v) is 15.7. The summed E-state index contributed by atoms with van der Waals surface area (Å²) >= 11 is 0. The molecule has 0 aliphatic carbocycles. The maximum Gasteiger partial charge on any atom is 0.335 e. The van der Waals surface area contributed by atoms with Crippen LogP contribution in [0.25, 0.3) is 22.3 Å². The summed E-state index contributed by atoms with van der Waals surface area (Å²) in [6.07, 6.45) is 4.65. The molecule has 3 aromatic heterocycles. The van der Waals surface area contributed by atoms with Gasteiger partial charge in [0.1, 0.15) is 18.2 Å². The lowest BCUT2D eigenvalue weighted by Crippen LogP contribution is -2.35. The lowest BCUT2D eigenvalue weighted by Gasteiger charge is -2.32. The van der Waals surface area contributed by atoms with Crippen LogP contribution in [0.4, 0.5) is 4.39 Å². The summed E-state index contributed by atoms with van der Waals surface area (Å²) in [6.45, 7) is 3.65. The number of halogens is 1. The average Bonchev–Trinajstić information content (AvgIpc) is 3.64. The molecule has 2 aliphatic heterocycles. The zero-order valence-electron chi connectivity index (χ0n) is 26.0. The van der Waals surface area contributed by atoms with Crippen molar-refractivity contribution in [3.63, 3.8) is 0 Å². The Labute approximate surface area is 270 Å². The number of imidazole rings is 1. The SMILES string of the molecule is Cn1ccc(-c2cc(C(=O)O)cc3c2nc(CN2CCC(c4cccc(OCc5ccc(C#N)cc5F)n4)CC2)n3C[C@@H]2CCO2)n1. The number of benzene rings is 2. The van der Waals surface area contributed by atoms with Crippen molar-refractivity contribution >= 4 is 17.0 Å². The smallest absolute Gasteiger partial charge is 0.335 e. The van der Waals surface area contributed by atoms with Gasteiger partial charge in [0.05, 0.1) is 53.1 Å². The molecule has 11 nitrogen and oxygen atoms in total. The molecule has 0 spiro atoms. The minimum atomic E-state index is -0.996. The van der Waals surface area contributed by atoms with Gasteiger partial charge in [0.15, 0.2) is 0 Å². The Balaban J connectivity index is 1.08. The van der Waals surface area contributed by atoms with Gasteiger partial charge in [0.25, 0.3) is 0 Å². The number of pyridine rings is 1. The molecule has 240 valence electrons. The molecule has 2 fully saturated rings. The van der Waals surface area contributed by atoms with Gasteiger partial charge in [-0.2, -0.15) is 10.4 Å². The van der Waals surface area contributed by atoms with Crippen molar-refractivity contribution in [3.8, 4) is 23.2 Å². The van der Waals surface area contributed by atoms with Crippen molar-refractivity contribution in [2.45, 2.75) is 51.0 Å². The molecule has 2 saturated heterocycles. The molecule has 12 heteroatoms. The number of fused-ring (bicyclic) bond motifs is 1. The number of piperidine rings is 1. The summed E-state index contributed by atoms with van der Waals surface area (Å²) in [7, 11) is 1.83. The number of nitriles is 1. The van der Waals surface area contributed by atoms with E-state index in [0.29, 0.717) is 35.8 Å². The number of ether oxygens (including phenoxy) is 2. The summed E-state index contributed by atoms with van der Waals surface area (Å²) in [4.78, 5) is 24.4. The van der Waals surface area contributed by atoms with Gasteiger partial charge in [-0.15, -0.1) is 0 Å². The molecular formula is C35H34FN7O4. The number of carbonyl (C=O) groups is 1. The zero-order valence-corrected chi connectivity index (χ0v) is 26.0. The van der Waals surface area contributed by atoms with E-state index in [-0.39, 0.29) is 29.8 Å². The first-order valence-electron chi connectivity index (χ1n) is 15.7. The lowest BCUT2D eigenvalue weighted by atomic mass is 9.93. The van der Waals surface area contributed by atoms with E-state index in [1.807, 2.05) is 37.5 Å². The topological polar surface area (TPSA) is 131 Å². The number of carboxylic acid groups (broad SMARTS) is 1. The number of hydrogen-bond donors (Lipinski definition) is 1. The highest BCUT2D eigenvalue weighted by atomic mass is 19.1. The van der Waals surface area contributed by atoms with E-state index in [1.165, 1.54) is 6.07 Å². The fourth-order valence-corrected chi connectivity index (χ4v) is 6.32. The van der Waals surface area contributed by atoms with Crippen LogP contribution in [0.15, 0.2) is 60.8 Å². The predicted molar refractivity (Wildman–Crippen MR) is 170 cm³/mol. The second-order valence-corrected chi connectivity index (χ2v) is 12.1. The Morgan fingerprint density at radius 1 is 1.13 bits per heavy atom. The van der Waals surface area contributed by atoms with Crippen molar-refractivity contribution in [3.05, 3.63) is 94.8 Å². The van der Waals surface area contributed by atoms with Crippen molar-refractivity contribution < 1.29 is 23.8 Å². The third-order valence-electron chi connectivity index (χ3n) is 9.02. The molecule has 47 heavy (non-hydrogen) atoms. The molecule has 7 rings (SSSR count). The van der Waals surface area contributed by atoms with Crippen molar-refractivity contribution in [1.29, 1.82) is 5.26 Å². The van der Waals surface area contributed by atoms with Gasteiger partial charge in [-0.1, -0.05) is 12.1 Å². The summed E-state index contributed by atoms with van der Waals surface area (Å²) < 4.78 is 29.8. The molecule has 5 heterocycles. The fraction of sp³-hybridized carbons (Fsp3) is 0.343. The van der Waals surface area contributed by atoms with Crippen LogP contribution in [-0.2, 0) is 31.5 Å². The van der Waals surface area contributed by atoms with Gasteiger partial charge < -0.3 is 19.1 Å². The Morgan fingerprint density at radius 3 is 2.64 bits per heavy atom. The van der Waals surface area contributed by atoms with E-state index >= 15 is 0 Å². The van der Waals surface area contributed by atoms with E-state index in [4.69, 9.17) is 24.7 Å². The van der Waals surface area contributed by atoms with Gasteiger partial charge >= 0.3 is 5.97 Å². The normalized spacial score (nSPS) is 17.0. The van der Waals surface area contributed by atoms with Crippen molar-refractivity contribution in [2.24, 2.45) is 7.05 Å². The van der Waals surface area contributed by atoms with Crippen LogP contribution in [0.1, 0.15) is 58.2 Å². The van der Waals surface area contributed by atoms with Crippen LogP contribution in [0.2, 0.25) is 0 Å². The summed E-state index contributed by atoms with van der Waals surface area (Å²) in [5, 5.41) is 23.5. The molecule has 2 aromatic carbocycles. The largest absolute Gasteiger partial charge is 0.478 e. The highest BCUT2D eigenvalue weighted by Gasteiger charge is 2.27. The number of aromatic carboxylic acids is 1. The van der Waals surface area contributed by atoms with Crippen LogP contribution in [-0.4, -0.2) is 66.1 Å². The fourth-order valence-electron chi connectivity index (χ4n) is 6.32. The molecule has 1 atom stereocenters. The summed E-state index contributed by atoms with van der Waals surface area (Å²) in [5.41, 5.74) is 4.66. The number of hydrogen-bond acceptors (Lipinski definition) is 8. The molecular weight excluding hydrogens is 601 g/mol. The number of aryl methyl sites for hydroxylation is 1. The zero-order chi connectivity index (χ0) is 32.5. The first-order chi connectivity index (χ1) is 22.8. The summed E-state index contributed by atoms with van der Waals surface area (Å²) in [6, 6.07) is 17.2. The van der Waals surface area contributed by atoms with Gasteiger partial charge in [-0.05, 0) is 68.8 Å². The molecule has 0 amide bonds. The van der Waals surface area contributed by atoms with Crippen LogP contribution < -0.4 is 4.74 Å². The number of nitrogens with zero attached hydrogens (tertiary/aromatic N) is 7. The van der Waals surface area contributed by atoms with Gasteiger partial charge in [-0.3, -0.25) is 9.58 Å². The quantitative estimate of drug-likeness (QED) is 0.218. The maximum atomic E-state index is 14.3. The Bertz CT molecular complexity index is 1990. The number of likely N-dealkylation sites (tertiary alicyclic amines) is 1. The molecule has 0 saturated carbocycles. The summed E-state index contributed by atoms with van der Waals surface area (Å²) in [5.74, 6) is 0.0845. The second kappa shape index (κ2) is 12.9. The first kappa shape index (κ1) is 30.5. The third kappa shape index (κ3) is 6.45. The number of aromatic nitrogens is 5. The van der Waals surface area contributed by atoms with Crippen LogP contribution in [0.3, 0.4) is 0 Å². The molecule has 0 unspecified atom stereocenters.